The van der Waals surface area contributed by atoms with Gasteiger partial charge in [0, 0.05) is 13.1 Å². The van der Waals surface area contributed by atoms with Crippen LogP contribution in [-0.2, 0) is 4.74 Å². The van der Waals surface area contributed by atoms with Gasteiger partial charge in [0.15, 0.2) is 17.6 Å². The van der Waals surface area contributed by atoms with Crippen LogP contribution in [0.15, 0.2) is 54.6 Å². The van der Waals surface area contributed by atoms with Crippen molar-refractivity contribution in [3.05, 3.63) is 60.2 Å². The number of morpholine rings is 1. The minimum absolute atomic E-state index is 0.0268. The second-order valence-electron chi connectivity index (χ2n) is 5.21. The van der Waals surface area contributed by atoms with Crippen LogP contribution in [0, 0.1) is 0 Å². The van der Waals surface area contributed by atoms with Crippen molar-refractivity contribution in [2.24, 2.45) is 0 Å². The Labute approximate surface area is 131 Å². The van der Waals surface area contributed by atoms with Crippen LogP contribution in [0.5, 0.6) is 11.5 Å². The number of methoxy groups -OCH3 is 1. The molecule has 1 N–H and O–H groups in total. The first-order chi connectivity index (χ1) is 10.9. The van der Waals surface area contributed by atoms with E-state index in [1.165, 1.54) is 0 Å². The quantitative estimate of drug-likeness (QED) is 0.921. The topological polar surface area (TPSA) is 39.7 Å². The van der Waals surface area contributed by atoms with Crippen molar-refractivity contribution in [3.8, 4) is 11.5 Å². The zero-order valence-electron chi connectivity index (χ0n) is 12.7. The largest absolute Gasteiger partial charge is 0.493 e. The summed E-state index contributed by atoms with van der Waals surface area (Å²) in [6.07, 6.45) is -0.202. The molecular formula is C18H21NO3. The van der Waals surface area contributed by atoms with Crippen molar-refractivity contribution in [2.75, 3.05) is 26.8 Å². The third-order valence-electron chi connectivity index (χ3n) is 3.75. The molecule has 1 fully saturated rings. The normalized spacial score (nSPS) is 19.4. The van der Waals surface area contributed by atoms with Crippen LogP contribution in [-0.4, -0.2) is 32.9 Å². The number of para-hydroxylation sites is 2. The fraction of sp³-hybridized carbons (Fsp3) is 0.333. The molecule has 1 aliphatic heterocycles. The Hall–Kier alpha value is -2.04. The molecule has 1 saturated heterocycles. The van der Waals surface area contributed by atoms with Gasteiger partial charge in [-0.05, 0) is 17.7 Å². The Morgan fingerprint density at radius 1 is 1.05 bits per heavy atom. The van der Waals surface area contributed by atoms with Gasteiger partial charge >= 0.3 is 0 Å². The van der Waals surface area contributed by atoms with Crippen molar-refractivity contribution in [1.29, 1.82) is 0 Å². The van der Waals surface area contributed by atoms with Gasteiger partial charge in [0.1, 0.15) is 6.10 Å². The Morgan fingerprint density at radius 3 is 2.45 bits per heavy atom. The predicted octanol–water partition coefficient (Wildman–Crippen LogP) is 2.80. The molecule has 1 heterocycles. The van der Waals surface area contributed by atoms with E-state index in [0.717, 1.165) is 30.2 Å². The van der Waals surface area contributed by atoms with Gasteiger partial charge in [-0.1, -0.05) is 42.5 Å². The smallest absolute Gasteiger partial charge is 0.162 e. The Kier molecular flexibility index (Phi) is 4.93. The molecule has 4 heteroatoms. The van der Waals surface area contributed by atoms with Crippen LogP contribution < -0.4 is 14.8 Å². The third-order valence-corrected chi connectivity index (χ3v) is 3.75. The molecule has 2 aromatic carbocycles. The lowest BCUT2D eigenvalue weighted by atomic mass is 10.0. The summed E-state index contributed by atoms with van der Waals surface area (Å²) in [6.45, 7) is 2.35. The maximum absolute atomic E-state index is 6.27. The fourth-order valence-corrected chi connectivity index (χ4v) is 2.63. The molecule has 2 aromatic rings. The van der Waals surface area contributed by atoms with E-state index in [1.807, 2.05) is 42.5 Å². The second-order valence-corrected chi connectivity index (χ2v) is 5.21. The van der Waals surface area contributed by atoms with E-state index in [1.54, 1.807) is 7.11 Å². The Balaban J connectivity index is 1.88. The zero-order valence-corrected chi connectivity index (χ0v) is 12.7. The molecule has 0 unspecified atom stereocenters. The van der Waals surface area contributed by atoms with Crippen LogP contribution in [0.2, 0.25) is 0 Å². The van der Waals surface area contributed by atoms with Crippen molar-refractivity contribution in [3.63, 3.8) is 0 Å². The van der Waals surface area contributed by atoms with E-state index in [0.29, 0.717) is 6.61 Å². The average molecular weight is 298 g/mol. The summed E-state index contributed by atoms with van der Waals surface area (Å²) in [7, 11) is 1.65. The first kappa shape index (κ1) is 14.9. The number of rotatable bonds is 5. The maximum atomic E-state index is 6.27. The van der Waals surface area contributed by atoms with Crippen LogP contribution in [0.25, 0.3) is 0 Å². The minimum Gasteiger partial charge on any atom is -0.493 e. The molecule has 22 heavy (non-hydrogen) atoms. The molecule has 0 aliphatic carbocycles. The number of benzene rings is 2. The van der Waals surface area contributed by atoms with Gasteiger partial charge in [-0.15, -0.1) is 0 Å². The molecule has 2 atom stereocenters. The van der Waals surface area contributed by atoms with Crippen LogP contribution >= 0.6 is 0 Å². The van der Waals surface area contributed by atoms with Gasteiger partial charge < -0.3 is 19.5 Å². The summed E-state index contributed by atoms with van der Waals surface area (Å²) >= 11 is 0. The maximum Gasteiger partial charge on any atom is 0.162 e. The fourth-order valence-electron chi connectivity index (χ4n) is 2.63. The lowest BCUT2D eigenvalue weighted by Gasteiger charge is -2.32. The number of hydrogen-bond donors (Lipinski definition) is 1. The molecule has 1 aliphatic rings. The minimum atomic E-state index is -0.176. The first-order valence-electron chi connectivity index (χ1n) is 7.55. The van der Waals surface area contributed by atoms with E-state index in [2.05, 4.69) is 17.4 Å². The third kappa shape index (κ3) is 3.40. The van der Waals surface area contributed by atoms with Gasteiger partial charge in [0.2, 0.25) is 0 Å². The molecular weight excluding hydrogens is 277 g/mol. The summed E-state index contributed by atoms with van der Waals surface area (Å²) in [5.41, 5.74) is 1.10. The summed E-state index contributed by atoms with van der Waals surface area (Å²) in [5, 5.41) is 3.36. The van der Waals surface area contributed by atoms with Gasteiger partial charge in [-0.25, -0.2) is 0 Å². The zero-order chi connectivity index (χ0) is 15.2. The molecule has 4 nitrogen and oxygen atoms in total. The molecule has 0 bridgehead atoms. The number of hydrogen-bond acceptors (Lipinski definition) is 4. The van der Waals surface area contributed by atoms with Gasteiger partial charge in [0.05, 0.1) is 13.7 Å². The Morgan fingerprint density at radius 2 is 1.77 bits per heavy atom. The van der Waals surface area contributed by atoms with Crippen LogP contribution in [0.3, 0.4) is 0 Å². The van der Waals surface area contributed by atoms with Gasteiger partial charge in [0.25, 0.3) is 0 Å². The summed E-state index contributed by atoms with van der Waals surface area (Å²) in [4.78, 5) is 0. The highest BCUT2D eigenvalue weighted by Gasteiger charge is 2.28. The highest BCUT2D eigenvalue weighted by molar-refractivity contribution is 5.40. The molecule has 0 spiro atoms. The highest BCUT2D eigenvalue weighted by Crippen LogP contribution is 2.33. The van der Waals surface area contributed by atoms with Crippen molar-refractivity contribution < 1.29 is 14.2 Å². The van der Waals surface area contributed by atoms with E-state index >= 15 is 0 Å². The molecule has 0 amide bonds. The number of nitrogens with one attached hydrogen (secondary N) is 1. The van der Waals surface area contributed by atoms with Gasteiger partial charge in [-0.3, -0.25) is 0 Å². The SMILES string of the molecule is [11CH3]Oc1ccccc1O[C@@H](c1ccccc1)[C@@H]1CNCCO1. The molecule has 0 saturated carbocycles. The van der Waals surface area contributed by atoms with E-state index < -0.39 is 0 Å². The summed E-state index contributed by atoms with van der Waals surface area (Å²) in [6, 6.07) is 17.9. The molecule has 0 aromatic heterocycles. The van der Waals surface area contributed by atoms with Crippen molar-refractivity contribution >= 4 is 0 Å². The van der Waals surface area contributed by atoms with E-state index in [-0.39, 0.29) is 12.2 Å². The molecule has 3 rings (SSSR count). The number of ether oxygens (including phenoxy) is 3. The Bertz CT molecular complexity index is 582. The predicted molar refractivity (Wildman–Crippen MR) is 85.4 cm³/mol. The second kappa shape index (κ2) is 7.29. The average Bonchev–Trinajstić information content (AvgIpc) is 2.61. The summed E-state index contributed by atoms with van der Waals surface area (Å²) in [5.74, 6) is 1.46. The van der Waals surface area contributed by atoms with Crippen molar-refractivity contribution in [1.82, 2.24) is 5.32 Å². The first-order valence-corrected chi connectivity index (χ1v) is 7.55. The lowest BCUT2D eigenvalue weighted by Crippen LogP contribution is -2.43. The van der Waals surface area contributed by atoms with Gasteiger partial charge in [-0.2, -0.15) is 0 Å². The van der Waals surface area contributed by atoms with E-state index in [4.69, 9.17) is 14.2 Å². The summed E-state index contributed by atoms with van der Waals surface area (Å²) < 4.78 is 17.6. The van der Waals surface area contributed by atoms with Crippen LogP contribution in [0.1, 0.15) is 11.7 Å². The van der Waals surface area contributed by atoms with E-state index in [9.17, 15) is 0 Å². The highest BCUT2D eigenvalue weighted by atomic mass is 16.6. The lowest BCUT2D eigenvalue weighted by molar-refractivity contribution is -0.0438. The monoisotopic (exact) mass is 298 g/mol. The standard InChI is InChI=1S/C18H21NO3/c1-20-15-9-5-6-10-16(15)22-18(14-7-3-2-4-8-14)17-13-19-11-12-21-17/h2-10,17-19H,11-13H2,1H3/t17-,18-/m0/s1/i1-1. The van der Waals surface area contributed by atoms with Crippen molar-refractivity contribution in [2.45, 2.75) is 12.2 Å². The molecule has 0 radical (unpaired) electrons. The molecule has 116 valence electrons. The van der Waals surface area contributed by atoms with Crippen LogP contribution in [0.4, 0.5) is 0 Å².